The standard InChI is InChI=1S/C61H40N4/c1-2-40-17-16-34-60-61(40)52-28-7-12-33-59(52)65(60)47-23-15-20-43(37-47)54-39-44(41-18-13-21-45(35-41)63-55-29-8-3-24-48(55)49-25-4-9-30-56(49)63)38-53(62-54)42-19-14-22-46(36-42)64-57-31-10-5-26-50(57)51-27-6-11-32-58(51)64/h2-39H,1H2. The zero-order valence-electron chi connectivity index (χ0n) is 35.4. The zero-order valence-corrected chi connectivity index (χ0v) is 35.4. The average Bonchev–Trinajstić information content (AvgIpc) is 4.02. The summed E-state index contributed by atoms with van der Waals surface area (Å²) >= 11 is 0. The summed E-state index contributed by atoms with van der Waals surface area (Å²) in [7, 11) is 0. The number of hydrogen-bond acceptors (Lipinski definition) is 1. The van der Waals surface area contributed by atoms with Gasteiger partial charge in [0, 0.05) is 60.5 Å². The lowest BCUT2D eigenvalue weighted by Gasteiger charge is -2.15. The first-order valence-electron chi connectivity index (χ1n) is 22.2. The Bertz CT molecular complexity index is 3760. The molecule has 0 aliphatic rings. The lowest BCUT2D eigenvalue weighted by Crippen LogP contribution is -1.97. The van der Waals surface area contributed by atoms with Gasteiger partial charge in [-0.3, -0.25) is 0 Å². The number of para-hydroxylation sites is 5. The third-order valence-electron chi connectivity index (χ3n) is 13.2. The fourth-order valence-electron chi connectivity index (χ4n) is 10.3. The summed E-state index contributed by atoms with van der Waals surface area (Å²) in [6.07, 6.45) is 1.96. The van der Waals surface area contributed by atoms with Crippen molar-refractivity contribution in [2.75, 3.05) is 0 Å². The molecule has 0 radical (unpaired) electrons. The highest BCUT2D eigenvalue weighted by Crippen LogP contribution is 2.39. The van der Waals surface area contributed by atoms with Crippen LogP contribution in [-0.4, -0.2) is 18.7 Å². The summed E-state index contributed by atoms with van der Waals surface area (Å²) in [5, 5.41) is 7.38. The molecule has 0 atom stereocenters. The van der Waals surface area contributed by atoms with E-state index < -0.39 is 0 Å². The molecule has 304 valence electrons. The fraction of sp³-hybridized carbons (Fsp3) is 0. The Balaban J connectivity index is 1.02. The zero-order chi connectivity index (χ0) is 43.0. The molecule has 9 aromatic carbocycles. The number of rotatable bonds is 7. The largest absolute Gasteiger partial charge is 0.309 e. The second-order valence-electron chi connectivity index (χ2n) is 16.8. The van der Waals surface area contributed by atoms with Crippen LogP contribution in [0.2, 0.25) is 0 Å². The van der Waals surface area contributed by atoms with Gasteiger partial charge in [0.25, 0.3) is 0 Å². The first-order chi connectivity index (χ1) is 32.2. The summed E-state index contributed by atoms with van der Waals surface area (Å²) in [6, 6.07) is 81.0. The molecule has 0 N–H and O–H groups in total. The van der Waals surface area contributed by atoms with Gasteiger partial charge in [0.15, 0.2) is 0 Å². The number of hydrogen-bond donors (Lipinski definition) is 0. The normalized spacial score (nSPS) is 11.8. The monoisotopic (exact) mass is 828 g/mol. The molecule has 13 aromatic rings. The molecular formula is C61H40N4. The Morgan fingerprint density at radius 1 is 0.308 bits per heavy atom. The molecule has 4 nitrogen and oxygen atoms in total. The maximum Gasteiger partial charge on any atom is 0.0716 e. The molecule has 0 spiro atoms. The summed E-state index contributed by atoms with van der Waals surface area (Å²) in [6.45, 7) is 4.16. The van der Waals surface area contributed by atoms with Crippen LogP contribution < -0.4 is 0 Å². The third kappa shape index (κ3) is 5.81. The predicted molar refractivity (Wildman–Crippen MR) is 274 cm³/mol. The fourth-order valence-corrected chi connectivity index (χ4v) is 10.3. The topological polar surface area (TPSA) is 27.7 Å². The van der Waals surface area contributed by atoms with Gasteiger partial charge in [-0.15, -0.1) is 0 Å². The smallest absolute Gasteiger partial charge is 0.0716 e. The molecule has 4 heterocycles. The Hall–Kier alpha value is -8.73. The van der Waals surface area contributed by atoms with Crippen LogP contribution >= 0.6 is 0 Å². The first-order valence-corrected chi connectivity index (χ1v) is 22.2. The van der Waals surface area contributed by atoms with Crippen molar-refractivity contribution in [1.29, 1.82) is 0 Å². The minimum absolute atomic E-state index is 0.899. The second-order valence-corrected chi connectivity index (χ2v) is 16.8. The van der Waals surface area contributed by atoms with E-state index in [-0.39, 0.29) is 0 Å². The molecule has 4 heteroatoms. The van der Waals surface area contributed by atoms with E-state index in [1.807, 2.05) is 6.08 Å². The van der Waals surface area contributed by atoms with Crippen LogP contribution in [0, 0.1) is 0 Å². The van der Waals surface area contributed by atoms with Crippen LogP contribution in [0.1, 0.15) is 5.56 Å². The van der Waals surface area contributed by atoms with Crippen molar-refractivity contribution < 1.29 is 0 Å². The molecule has 4 aromatic heterocycles. The maximum absolute atomic E-state index is 5.54. The second kappa shape index (κ2) is 14.7. The summed E-state index contributed by atoms with van der Waals surface area (Å²) in [5.41, 5.74) is 17.5. The highest BCUT2D eigenvalue weighted by atomic mass is 15.0. The van der Waals surface area contributed by atoms with Gasteiger partial charge < -0.3 is 13.7 Å². The molecule has 0 aliphatic carbocycles. The molecule has 0 amide bonds. The number of aromatic nitrogens is 4. The Kier molecular flexibility index (Phi) is 8.33. The van der Waals surface area contributed by atoms with Crippen molar-refractivity contribution in [3.63, 3.8) is 0 Å². The summed E-state index contributed by atoms with van der Waals surface area (Å²) in [5.74, 6) is 0. The van der Waals surface area contributed by atoms with Crippen molar-refractivity contribution in [2.24, 2.45) is 0 Å². The van der Waals surface area contributed by atoms with E-state index in [1.54, 1.807) is 0 Å². The minimum Gasteiger partial charge on any atom is -0.309 e. The number of nitrogens with zero attached hydrogens (tertiary/aromatic N) is 4. The third-order valence-corrected chi connectivity index (χ3v) is 13.2. The van der Waals surface area contributed by atoms with Crippen LogP contribution in [0.15, 0.2) is 231 Å². The number of pyridine rings is 1. The van der Waals surface area contributed by atoms with Crippen LogP contribution in [0.5, 0.6) is 0 Å². The molecule has 0 saturated heterocycles. The van der Waals surface area contributed by atoms with Gasteiger partial charge in [0.1, 0.15) is 0 Å². The lowest BCUT2D eigenvalue weighted by atomic mass is 9.99. The Morgan fingerprint density at radius 3 is 1.12 bits per heavy atom. The maximum atomic E-state index is 5.54. The van der Waals surface area contributed by atoms with E-state index in [9.17, 15) is 0 Å². The summed E-state index contributed by atoms with van der Waals surface area (Å²) in [4.78, 5) is 5.54. The molecular weight excluding hydrogens is 789 g/mol. The lowest BCUT2D eigenvalue weighted by molar-refractivity contribution is 1.17. The Morgan fingerprint density at radius 2 is 0.662 bits per heavy atom. The number of benzene rings is 9. The van der Waals surface area contributed by atoms with Crippen molar-refractivity contribution in [3.8, 4) is 50.7 Å². The van der Waals surface area contributed by atoms with Crippen LogP contribution in [0.4, 0.5) is 0 Å². The van der Waals surface area contributed by atoms with Gasteiger partial charge in [-0.25, -0.2) is 4.98 Å². The molecule has 0 unspecified atom stereocenters. The van der Waals surface area contributed by atoms with Crippen LogP contribution in [0.3, 0.4) is 0 Å². The first kappa shape index (κ1) is 36.9. The van der Waals surface area contributed by atoms with E-state index >= 15 is 0 Å². The molecule has 0 bridgehead atoms. The van der Waals surface area contributed by atoms with Crippen molar-refractivity contribution in [1.82, 2.24) is 18.7 Å². The quantitative estimate of drug-likeness (QED) is 0.157. The van der Waals surface area contributed by atoms with Crippen LogP contribution in [-0.2, 0) is 0 Å². The van der Waals surface area contributed by atoms with Gasteiger partial charge in [-0.1, -0.05) is 152 Å². The van der Waals surface area contributed by atoms with Gasteiger partial charge in [0.05, 0.1) is 44.5 Å². The highest BCUT2D eigenvalue weighted by molar-refractivity contribution is 6.13. The van der Waals surface area contributed by atoms with Gasteiger partial charge in [-0.05, 0) is 102 Å². The minimum atomic E-state index is 0.899. The van der Waals surface area contributed by atoms with Crippen molar-refractivity contribution >= 4 is 71.5 Å². The van der Waals surface area contributed by atoms with E-state index in [0.29, 0.717) is 0 Å². The molecule has 65 heavy (non-hydrogen) atoms. The van der Waals surface area contributed by atoms with E-state index in [4.69, 9.17) is 4.98 Å². The van der Waals surface area contributed by atoms with Gasteiger partial charge >= 0.3 is 0 Å². The van der Waals surface area contributed by atoms with Gasteiger partial charge in [-0.2, -0.15) is 0 Å². The summed E-state index contributed by atoms with van der Waals surface area (Å²) < 4.78 is 7.14. The molecule has 0 saturated carbocycles. The highest BCUT2D eigenvalue weighted by Gasteiger charge is 2.18. The van der Waals surface area contributed by atoms with Crippen molar-refractivity contribution in [2.45, 2.75) is 0 Å². The van der Waals surface area contributed by atoms with Gasteiger partial charge in [0.2, 0.25) is 0 Å². The molecule has 0 fully saturated rings. The van der Waals surface area contributed by atoms with E-state index in [0.717, 1.165) is 67.3 Å². The van der Waals surface area contributed by atoms with E-state index in [2.05, 4.69) is 245 Å². The Labute approximate surface area is 375 Å². The van der Waals surface area contributed by atoms with E-state index in [1.165, 1.54) is 54.4 Å². The average molecular weight is 829 g/mol. The number of fused-ring (bicyclic) bond motifs is 9. The van der Waals surface area contributed by atoms with Crippen LogP contribution in [0.25, 0.3) is 122 Å². The van der Waals surface area contributed by atoms with Crippen molar-refractivity contribution in [3.05, 3.63) is 237 Å². The molecule has 0 aliphatic heterocycles. The predicted octanol–water partition coefficient (Wildman–Crippen LogP) is 16.0. The SMILES string of the molecule is C=Cc1cccc2c1c1ccccc1n2-c1cccc(-c2cc(-c3cccc(-n4c5ccccc5c5ccccc54)c3)cc(-c3cccc(-n4c5ccccc5c5ccccc54)c3)n2)c1. The molecule has 13 rings (SSSR count).